The Hall–Kier alpha value is -0.570. The molecule has 0 aliphatic carbocycles. The van der Waals surface area contributed by atoms with E-state index in [-0.39, 0.29) is 0 Å². The number of rotatable bonds is 1. The van der Waals surface area contributed by atoms with Gasteiger partial charge in [0.2, 0.25) is 0 Å². The molecule has 0 saturated carbocycles. The van der Waals surface area contributed by atoms with Crippen LogP contribution in [0.5, 0.6) is 0 Å². The van der Waals surface area contributed by atoms with Crippen LogP contribution in [0.25, 0.3) is 0 Å². The fourth-order valence-corrected chi connectivity index (χ4v) is 1.62. The molecule has 10 heavy (non-hydrogen) atoms. The van der Waals surface area contributed by atoms with Crippen LogP contribution in [0.4, 0.5) is 0 Å². The second-order valence-corrected chi connectivity index (χ2v) is 2.92. The molecule has 1 N–H and O–H groups in total. The van der Waals surface area contributed by atoms with Crippen molar-refractivity contribution in [3.8, 4) is 0 Å². The van der Waals surface area contributed by atoms with Crippen LogP contribution in [-0.2, 0) is 0 Å². The Bertz CT molecular complexity index is 130. The summed E-state index contributed by atoms with van der Waals surface area (Å²) in [4.78, 5) is 6.60. The van der Waals surface area contributed by atoms with E-state index in [9.17, 15) is 0 Å². The Morgan fingerprint density at radius 1 is 1.40 bits per heavy atom. The second-order valence-electron chi connectivity index (χ2n) is 2.92. The zero-order valence-corrected chi connectivity index (χ0v) is 6.08. The molecule has 2 heterocycles. The molecule has 2 aliphatic rings. The fraction of sp³-hybridized carbons (Fsp3) is 0.857. The lowest BCUT2D eigenvalue weighted by atomic mass is 10.4. The molecule has 1 unspecified atom stereocenters. The summed E-state index contributed by atoms with van der Waals surface area (Å²) in [5.41, 5.74) is 0. The molecule has 2 aliphatic heterocycles. The van der Waals surface area contributed by atoms with Crippen molar-refractivity contribution >= 4 is 6.34 Å². The van der Waals surface area contributed by atoms with Crippen molar-refractivity contribution in [3.05, 3.63) is 0 Å². The van der Waals surface area contributed by atoms with E-state index in [4.69, 9.17) is 0 Å². The fourth-order valence-electron chi connectivity index (χ4n) is 1.62. The van der Waals surface area contributed by atoms with Gasteiger partial charge in [-0.15, -0.1) is 0 Å². The summed E-state index contributed by atoms with van der Waals surface area (Å²) in [6.45, 7) is 3.45. The third kappa shape index (κ3) is 1.01. The Balaban J connectivity index is 1.87. The minimum absolute atomic E-state index is 0.516. The Morgan fingerprint density at radius 3 is 2.80 bits per heavy atom. The van der Waals surface area contributed by atoms with Crippen LogP contribution in [-0.4, -0.2) is 37.0 Å². The van der Waals surface area contributed by atoms with E-state index in [2.05, 4.69) is 15.2 Å². The molecule has 56 valence electrons. The van der Waals surface area contributed by atoms with E-state index in [1.807, 2.05) is 6.34 Å². The van der Waals surface area contributed by atoms with Gasteiger partial charge in [0.25, 0.3) is 0 Å². The molecule has 3 heteroatoms. The van der Waals surface area contributed by atoms with Gasteiger partial charge >= 0.3 is 0 Å². The standard InChI is InChI=1S/C7H13N3/c1-2-4-10(3-1)7-5-8-6-9-7/h6-7H,1-5H2,(H,8,9). The van der Waals surface area contributed by atoms with E-state index >= 15 is 0 Å². The first-order chi connectivity index (χ1) is 4.97. The van der Waals surface area contributed by atoms with Crippen molar-refractivity contribution < 1.29 is 0 Å². The topological polar surface area (TPSA) is 27.6 Å². The molecule has 0 amide bonds. The first kappa shape index (κ1) is 6.16. The van der Waals surface area contributed by atoms with Gasteiger partial charge < -0.3 is 5.32 Å². The lowest BCUT2D eigenvalue weighted by Crippen LogP contribution is -2.42. The maximum atomic E-state index is 4.13. The third-order valence-corrected chi connectivity index (χ3v) is 2.22. The lowest BCUT2D eigenvalue weighted by Gasteiger charge is -2.21. The van der Waals surface area contributed by atoms with Gasteiger partial charge in [-0.05, 0) is 12.8 Å². The SMILES string of the molecule is C1=NCC(N2CCCC2)N1. The highest BCUT2D eigenvalue weighted by molar-refractivity contribution is 5.57. The van der Waals surface area contributed by atoms with Gasteiger partial charge in [-0.2, -0.15) is 0 Å². The number of hydrogen-bond acceptors (Lipinski definition) is 3. The maximum absolute atomic E-state index is 4.13. The molecule has 3 nitrogen and oxygen atoms in total. The molecule has 0 spiro atoms. The Morgan fingerprint density at radius 2 is 2.20 bits per heavy atom. The zero-order valence-electron chi connectivity index (χ0n) is 6.08. The van der Waals surface area contributed by atoms with E-state index in [0.717, 1.165) is 6.54 Å². The Labute approximate surface area is 61.1 Å². The molecule has 2 rings (SSSR count). The number of hydrogen-bond donors (Lipinski definition) is 1. The van der Waals surface area contributed by atoms with Gasteiger partial charge in [0, 0.05) is 13.1 Å². The van der Waals surface area contributed by atoms with Crippen LogP contribution in [0, 0.1) is 0 Å². The molecular weight excluding hydrogens is 126 g/mol. The largest absolute Gasteiger partial charge is 0.359 e. The molecule has 0 radical (unpaired) electrons. The van der Waals surface area contributed by atoms with Gasteiger partial charge in [0.05, 0.1) is 12.9 Å². The maximum Gasteiger partial charge on any atom is 0.100 e. The number of likely N-dealkylation sites (tertiary alicyclic amines) is 1. The van der Waals surface area contributed by atoms with Crippen molar-refractivity contribution in [2.45, 2.75) is 19.0 Å². The molecule has 0 aromatic rings. The van der Waals surface area contributed by atoms with E-state index in [1.165, 1.54) is 25.9 Å². The zero-order chi connectivity index (χ0) is 6.81. The molecular formula is C7H13N3. The number of nitrogens with one attached hydrogen (secondary N) is 1. The predicted molar refractivity (Wildman–Crippen MR) is 41.1 cm³/mol. The average Bonchev–Trinajstić information content (AvgIpc) is 2.59. The summed E-state index contributed by atoms with van der Waals surface area (Å²) in [5, 5.41) is 3.23. The van der Waals surface area contributed by atoms with Gasteiger partial charge in [-0.1, -0.05) is 0 Å². The average molecular weight is 139 g/mol. The quantitative estimate of drug-likeness (QED) is 0.555. The number of nitrogens with zero attached hydrogens (tertiary/aromatic N) is 2. The highest BCUT2D eigenvalue weighted by Crippen LogP contribution is 2.11. The summed E-state index contributed by atoms with van der Waals surface area (Å²) in [5.74, 6) is 0. The van der Waals surface area contributed by atoms with Crippen molar-refractivity contribution in [1.82, 2.24) is 10.2 Å². The molecule has 1 atom stereocenters. The lowest BCUT2D eigenvalue weighted by molar-refractivity contribution is 0.243. The van der Waals surface area contributed by atoms with Crippen LogP contribution in [0.3, 0.4) is 0 Å². The van der Waals surface area contributed by atoms with Crippen LogP contribution in [0.2, 0.25) is 0 Å². The summed E-state index contributed by atoms with van der Waals surface area (Å²) in [7, 11) is 0. The van der Waals surface area contributed by atoms with Gasteiger partial charge in [0.15, 0.2) is 0 Å². The monoisotopic (exact) mass is 139 g/mol. The summed E-state index contributed by atoms with van der Waals surface area (Å²) < 4.78 is 0. The summed E-state index contributed by atoms with van der Waals surface area (Å²) in [6.07, 6.45) is 5.06. The highest BCUT2D eigenvalue weighted by atomic mass is 15.3. The molecule has 0 aromatic heterocycles. The molecule has 1 saturated heterocycles. The Kier molecular flexibility index (Phi) is 1.59. The first-order valence-electron chi connectivity index (χ1n) is 3.95. The molecule has 1 fully saturated rings. The predicted octanol–water partition coefficient (Wildman–Crippen LogP) is 0.0398. The minimum atomic E-state index is 0.516. The minimum Gasteiger partial charge on any atom is -0.359 e. The van der Waals surface area contributed by atoms with Crippen LogP contribution >= 0.6 is 0 Å². The second kappa shape index (κ2) is 2.58. The van der Waals surface area contributed by atoms with E-state index in [1.54, 1.807) is 0 Å². The van der Waals surface area contributed by atoms with Gasteiger partial charge in [-0.25, -0.2) is 0 Å². The smallest absolute Gasteiger partial charge is 0.100 e. The van der Waals surface area contributed by atoms with Crippen molar-refractivity contribution in [2.75, 3.05) is 19.6 Å². The van der Waals surface area contributed by atoms with Crippen LogP contribution in [0.1, 0.15) is 12.8 Å². The molecule has 0 bridgehead atoms. The highest BCUT2D eigenvalue weighted by Gasteiger charge is 2.21. The van der Waals surface area contributed by atoms with Crippen molar-refractivity contribution in [3.63, 3.8) is 0 Å². The summed E-state index contributed by atoms with van der Waals surface area (Å²) >= 11 is 0. The van der Waals surface area contributed by atoms with Crippen LogP contribution < -0.4 is 5.32 Å². The van der Waals surface area contributed by atoms with Crippen molar-refractivity contribution in [2.24, 2.45) is 4.99 Å². The third-order valence-electron chi connectivity index (χ3n) is 2.22. The van der Waals surface area contributed by atoms with Gasteiger partial charge in [-0.3, -0.25) is 9.89 Å². The van der Waals surface area contributed by atoms with E-state index < -0.39 is 0 Å². The first-order valence-corrected chi connectivity index (χ1v) is 3.95. The van der Waals surface area contributed by atoms with Gasteiger partial charge in [0.1, 0.15) is 6.17 Å². The normalized spacial score (nSPS) is 33.0. The van der Waals surface area contributed by atoms with E-state index in [0.29, 0.717) is 6.17 Å². The molecule has 0 aromatic carbocycles. The van der Waals surface area contributed by atoms with Crippen molar-refractivity contribution in [1.29, 1.82) is 0 Å². The van der Waals surface area contributed by atoms with Crippen LogP contribution in [0.15, 0.2) is 4.99 Å². The summed E-state index contributed by atoms with van der Waals surface area (Å²) in [6, 6.07) is 0. The number of aliphatic imine (C=N–C) groups is 1.